The first-order chi connectivity index (χ1) is 10.8. The van der Waals surface area contributed by atoms with Gasteiger partial charge in [-0.15, -0.1) is 10.2 Å². The third kappa shape index (κ3) is 3.51. The van der Waals surface area contributed by atoms with E-state index in [1.54, 1.807) is 29.3 Å². The Kier molecular flexibility index (Phi) is 5.12. The summed E-state index contributed by atoms with van der Waals surface area (Å²) in [6.45, 7) is 3.04. The number of anilines is 1. The van der Waals surface area contributed by atoms with E-state index < -0.39 is 0 Å². The van der Waals surface area contributed by atoms with Gasteiger partial charge in [0.1, 0.15) is 0 Å². The van der Waals surface area contributed by atoms with Crippen molar-refractivity contribution >= 4 is 50.7 Å². The molecule has 2 aromatic heterocycles. The fourth-order valence-electron chi connectivity index (χ4n) is 2.02. The van der Waals surface area contributed by atoms with E-state index in [-0.39, 0.29) is 0 Å². The first kappa shape index (κ1) is 15.5. The normalized spacial score (nSPS) is 11.0. The van der Waals surface area contributed by atoms with Gasteiger partial charge in [0.15, 0.2) is 4.34 Å². The molecular formula is C15H15ClN4S2. The topological polar surface area (TPSA) is 50.7 Å². The van der Waals surface area contributed by atoms with Gasteiger partial charge in [0, 0.05) is 34.5 Å². The number of nitrogens with one attached hydrogen (secondary N) is 1. The summed E-state index contributed by atoms with van der Waals surface area (Å²) < 4.78 is 0.933. The Morgan fingerprint density at radius 2 is 2.18 bits per heavy atom. The molecule has 3 rings (SSSR count). The zero-order valence-corrected chi connectivity index (χ0v) is 14.4. The number of nitrogens with zero attached hydrogens (tertiary/aromatic N) is 3. The van der Waals surface area contributed by atoms with Crippen LogP contribution in [-0.2, 0) is 5.75 Å². The van der Waals surface area contributed by atoms with Crippen LogP contribution in [0.5, 0.6) is 0 Å². The summed E-state index contributed by atoms with van der Waals surface area (Å²) in [5.41, 5.74) is 2.00. The number of thioether (sulfide) groups is 1. The van der Waals surface area contributed by atoms with E-state index in [2.05, 4.69) is 27.4 Å². The molecule has 0 fully saturated rings. The molecule has 4 nitrogen and oxygen atoms in total. The Morgan fingerprint density at radius 1 is 1.27 bits per heavy atom. The standard InChI is InChI=1S/C15H15ClN4S2/c1-2-7-18-14-19-20-15(22-14)21-9-11-12(16)6-5-10-4-3-8-17-13(10)11/h3-6,8H,2,7,9H2,1H3,(H,18,19). The van der Waals surface area contributed by atoms with E-state index in [1.807, 2.05) is 24.3 Å². The molecule has 0 saturated heterocycles. The minimum Gasteiger partial charge on any atom is -0.360 e. The fourth-order valence-corrected chi connectivity index (χ4v) is 4.13. The van der Waals surface area contributed by atoms with Crippen molar-refractivity contribution < 1.29 is 0 Å². The second-order valence-corrected chi connectivity index (χ2v) is 7.30. The maximum atomic E-state index is 6.34. The second-order valence-electron chi connectivity index (χ2n) is 4.69. The highest BCUT2D eigenvalue weighted by atomic mass is 35.5. The molecule has 0 spiro atoms. The van der Waals surface area contributed by atoms with E-state index in [9.17, 15) is 0 Å². The van der Waals surface area contributed by atoms with E-state index in [0.717, 1.165) is 49.7 Å². The molecule has 0 atom stereocenters. The minimum absolute atomic E-state index is 0.732. The summed E-state index contributed by atoms with van der Waals surface area (Å²) in [7, 11) is 0. The fraction of sp³-hybridized carbons (Fsp3) is 0.267. The van der Waals surface area contributed by atoms with Crippen molar-refractivity contribution in [3.63, 3.8) is 0 Å². The van der Waals surface area contributed by atoms with Gasteiger partial charge in [-0.1, -0.05) is 53.8 Å². The number of hydrogen-bond donors (Lipinski definition) is 1. The third-order valence-electron chi connectivity index (χ3n) is 3.09. The van der Waals surface area contributed by atoms with Crippen LogP contribution >= 0.6 is 34.7 Å². The van der Waals surface area contributed by atoms with Crippen molar-refractivity contribution in [3.8, 4) is 0 Å². The molecule has 0 aliphatic rings. The van der Waals surface area contributed by atoms with E-state index in [1.165, 1.54) is 0 Å². The number of fused-ring (bicyclic) bond motifs is 1. The maximum absolute atomic E-state index is 6.34. The van der Waals surface area contributed by atoms with Crippen LogP contribution < -0.4 is 5.32 Å². The van der Waals surface area contributed by atoms with Crippen molar-refractivity contribution in [1.82, 2.24) is 15.2 Å². The Balaban J connectivity index is 1.76. The van der Waals surface area contributed by atoms with Crippen LogP contribution in [-0.4, -0.2) is 21.7 Å². The zero-order valence-electron chi connectivity index (χ0n) is 12.0. The van der Waals surface area contributed by atoms with Crippen LogP contribution in [0.25, 0.3) is 10.9 Å². The predicted octanol–water partition coefficient (Wildman–Crippen LogP) is 4.85. The molecule has 0 amide bonds. The highest BCUT2D eigenvalue weighted by Crippen LogP contribution is 2.33. The number of benzene rings is 1. The lowest BCUT2D eigenvalue weighted by molar-refractivity contribution is 0.951. The molecule has 1 aromatic carbocycles. The molecule has 1 N–H and O–H groups in total. The molecule has 7 heteroatoms. The Hall–Kier alpha value is -1.37. The van der Waals surface area contributed by atoms with E-state index >= 15 is 0 Å². The van der Waals surface area contributed by atoms with Gasteiger partial charge < -0.3 is 5.32 Å². The zero-order chi connectivity index (χ0) is 15.4. The number of hydrogen-bond acceptors (Lipinski definition) is 6. The van der Waals surface area contributed by atoms with Crippen molar-refractivity contribution in [2.45, 2.75) is 23.4 Å². The summed E-state index contributed by atoms with van der Waals surface area (Å²) in [5, 5.41) is 14.3. The third-order valence-corrected chi connectivity index (χ3v) is 5.49. The molecule has 114 valence electrons. The van der Waals surface area contributed by atoms with Gasteiger partial charge in [-0.05, 0) is 18.6 Å². The number of pyridine rings is 1. The molecule has 0 bridgehead atoms. The molecule has 3 aromatic rings. The summed E-state index contributed by atoms with van der Waals surface area (Å²) in [5.74, 6) is 0.732. The van der Waals surface area contributed by atoms with Crippen molar-refractivity contribution in [2.24, 2.45) is 0 Å². The first-order valence-electron chi connectivity index (χ1n) is 7.00. The predicted molar refractivity (Wildman–Crippen MR) is 95.0 cm³/mol. The van der Waals surface area contributed by atoms with Crippen LogP contribution in [0.2, 0.25) is 5.02 Å². The summed E-state index contributed by atoms with van der Waals surface area (Å²) in [6.07, 6.45) is 2.86. The highest BCUT2D eigenvalue weighted by molar-refractivity contribution is 8.00. The summed E-state index contributed by atoms with van der Waals surface area (Å²) >= 11 is 9.55. The van der Waals surface area contributed by atoms with Gasteiger partial charge in [-0.3, -0.25) is 4.98 Å². The number of rotatable bonds is 6. The van der Waals surface area contributed by atoms with Gasteiger partial charge >= 0.3 is 0 Å². The maximum Gasteiger partial charge on any atom is 0.206 e. The monoisotopic (exact) mass is 350 g/mol. The SMILES string of the molecule is CCCNc1nnc(SCc2c(Cl)ccc3cccnc23)s1. The Labute approximate surface area is 142 Å². The van der Waals surface area contributed by atoms with Crippen LogP contribution in [0.15, 0.2) is 34.8 Å². The molecule has 2 heterocycles. The van der Waals surface area contributed by atoms with Crippen molar-refractivity contribution in [3.05, 3.63) is 41.0 Å². The largest absolute Gasteiger partial charge is 0.360 e. The lowest BCUT2D eigenvalue weighted by atomic mass is 10.1. The van der Waals surface area contributed by atoms with Crippen LogP contribution in [0.3, 0.4) is 0 Å². The lowest BCUT2D eigenvalue weighted by Gasteiger charge is -2.06. The molecular weight excluding hydrogens is 336 g/mol. The van der Waals surface area contributed by atoms with E-state index in [0.29, 0.717) is 0 Å². The van der Waals surface area contributed by atoms with Crippen LogP contribution in [0, 0.1) is 0 Å². The van der Waals surface area contributed by atoms with E-state index in [4.69, 9.17) is 11.6 Å². The van der Waals surface area contributed by atoms with Crippen LogP contribution in [0.4, 0.5) is 5.13 Å². The molecule has 0 aliphatic carbocycles. The van der Waals surface area contributed by atoms with Crippen LogP contribution in [0.1, 0.15) is 18.9 Å². The Bertz CT molecular complexity index is 775. The number of halogens is 1. The molecule has 0 saturated carbocycles. The summed E-state index contributed by atoms with van der Waals surface area (Å²) in [6, 6.07) is 7.90. The van der Waals surface area contributed by atoms with Gasteiger partial charge in [-0.25, -0.2) is 0 Å². The average molecular weight is 351 g/mol. The second kappa shape index (κ2) is 7.26. The molecule has 0 unspecified atom stereocenters. The quantitative estimate of drug-likeness (QED) is 0.644. The van der Waals surface area contributed by atoms with Gasteiger partial charge in [0.2, 0.25) is 5.13 Å². The molecule has 22 heavy (non-hydrogen) atoms. The van der Waals surface area contributed by atoms with Crippen molar-refractivity contribution in [2.75, 3.05) is 11.9 Å². The highest BCUT2D eigenvalue weighted by Gasteiger charge is 2.10. The summed E-state index contributed by atoms with van der Waals surface area (Å²) in [4.78, 5) is 4.46. The van der Waals surface area contributed by atoms with Gasteiger partial charge in [0.05, 0.1) is 5.52 Å². The molecule has 0 radical (unpaired) electrons. The lowest BCUT2D eigenvalue weighted by Crippen LogP contribution is -1.98. The number of aromatic nitrogens is 3. The molecule has 0 aliphatic heterocycles. The average Bonchev–Trinajstić information content (AvgIpc) is 3.00. The smallest absolute Gasteiger partial charge is 0.206 e. The first-order valence-corrected chi connectivity index (χ1v) is 9.18. The van der Waals surface area contributed by atoms with Crippen molar-refractivity contribution in [1.29, 1.82) is 0 Å². The Morgan fingerprint density at radius 3 is 3.05 bits per heavy atom. The van der Waals surface area contributed by atoms with Gasteiger partial charge in [0.25, 0.3) is 0 Å². The van der Waals surface area contributed by atoms with Gasteiger partial charge in [-0.2, -0.15) is 0 Å². The minimum atomic E-state index is 0.732.